The molecule has 0 radical (unpaired) electrons. The van der Waals surface area contributed by atoms with Gasteiger partial charge >= 0.3 is 0 Å². The molecule has 21 heavy (non-hydrogen) atoms. The Morgan fingerprint density at radius 1 is 1.48 bits per heavy atom. The highest BCUT2D eigenvalue weighted by atomic mass is 32.1. The quantitative estimate of drug-likeness (QED) is 0.850. The third kappa shape index (κ3) is 4.42. The lowest BCUT2D eigenvalue weighted by Crippen LogP contribution is -2.22. The summed E-state index contributed by atoms with van der Waals surface area (Å²) in [4.78, 5) is 17.3. The summed E-state index contributed by atoms with van der Waals surface area (Å²) in [5, 5.41) is 11.6. The van der Waals surface area contributed by atoms with Gasteiger partial charge < -0.3 is 10.4 Å². The lowest BCUT2D eigenvalue weighted by molar-refractivity contribution is 0.0951. The number of amides is 1. The molecule has 0 aliphatic carbocycles. The van der Waals surface area contributed by atoms with Gasteiger partial charge in [-0.1, -0.05) is 17.9 Å². The summed E-state index contributed by atoms with van der Waals surface area (Å²) in [6.45, 7) is 2.45. The molecule has 1 aromatic carbocycles. The number of rotatable bonds is 4. The van der Waals surface area contributed by atoms with Crippen LogP contribution in [0.15, 0.2) is 29.8 Å². The molecule has 0 bridgehead atoms. The van der Waals surface area contributed by atoms with E-state index in [4.69, 9.17) is 5.11 Å². The maximum Gasteiger partial charge on any atom is 0.251 e. The summed E-state index contributed by atoms with van der Waals surface area (Å²) >= 11 is 1.53. The van der Waals surface area contributed by atoms with E-state index >= 15 is 0 Å². The minimum Gasteiger partial charge on any atom is -0.395 e. The number of aliphatic hydroxyl groups excluding tert-OH is 1. The van der Waals surface area contributed by atoms with Crippen LogP contribution in [0, 0.1) is 18.8 Å². The Morgan fingerprint density at radius 3 is 3.05 bits per heavy atom. The van der Waals surface area contributed by atoms with E-state index in [0.29, 0.717) is 18.5 Å². The SMILES string of the molecule is Cc1ncsc1CNC(=O)c1cccc(C#CCCO)c1. The van der Waals surface area contributed by atoms with Crippen molar-refractivity contribution in [3.8, 4) is 11.8 Å². The van der Waals surface area contributed by atoms with Crippen molar-refractivity contribution in [3.05, 3.63) is 51.5 Å². The summed E-state index contributed by atoms with van der Waals surface area (Å²) < 4.78 is 0. The van der Waals surface area contributed by atoms with Crippen LogP contribution >= 0.6 is 11.3 Å². The lowest BCUT2D eigenvalue weighted by atomic mass is 10.1. The van der Waals surface area contributed by atoms with Crippen LogP contribution in [0.2, 0.25) is 0 Å². The molecular weight excluding hydrogens is 284 g/mol. The van der Waals surface area contributed by atoms with Crippen LogP contribution in [0.25, 0.3) is 0 Å². The molecule has 1 heterocycles. The molecule has 0 saturated heterocycles. The monoisotopic (exact) mass is 300 g/mol. The molecule has 5 heteroatoms. The van der Waals surface area contributed by atoms with Crippen LogP contribution in [-0.2, 0) is 6.54 Å². The fourth-order valence-electron chi connectivity index (χ4n) is 1.72. The first-order valence-corrected chi connectivity index (χ1v) is 7.45. The minimum absolute atomic E-state index is 0.0430. The highest BCUT2D eigenvalue weighted by molar-refractivity contribution is 7.09. The molecule has 1 aromatic heterocycles. The van der Waals surface area contributed by atoms with Crippen molar-refractivity contribution in [2.24, 2.45) is 0 Å². The molecule has 0 aliphatic heterocycles. The van der Waals surface area contributed by atoms with Gasteiger partial charge in [0.15, 0.2) is 0 Å². The first-order valence-electron chi connectivity index (χ1n) is 6.57. The second-order valence-electron chi connectivity index (χ2n) is 4.40. The average Bonchev–Trinajstić information content (AvgIpc) is 2.91. The van der Waals surface area contributed by atoms with Crippen molar-refractivity contribution in [1.29, 1.82) is 0 Å². The van der Waals surface area contributed by atoms with Gasteiger partial charge in [-0.15, -0.1) is 11.3 Å². The third-order valence-electron chi connectivity index (χ3n) is 2.85. The van der Waals surface area contributed by atoms with Crippen molar-refractivity contribution >= 4 is 17.2 Å². The Labute approximate surface area is 127 Å². The van der Waals surface area contributed by atoms with Gasteiger partial charge in [0.1, 0.15) is 0 Å². The van der Waals surface area contributed by atoms with E-state index in [9.17, 15) is 4.79 Å². The van der Waals surface area contributed by atoms with Crippen molar-refractivity contribution in [1.82, 2.24) is 10.3 Å². The van der Waals surface area contributed by atoms with Gasteiger partial charge in [0.2, 0.25) is 0 Å². The number of aliphatic hydroxyl groups is 1. The van der Waals surface area contributed by atoms with Crippen LogP contribution < -0.4 is 5.32 Å². The molecule has 0 saturated carbocycles. The Balaban J connectivity index is 2.01. The largest absolute Gasteiger partial charge is 0.395 e. The number of benzene rings is 1. The maximum atomic E-state index is 12.1. The molecule has 0 aliphatic rings. The average molecular weight is 300 g/mol. The number of carbonyl (C=O) groups is 1. The minimum atomic E-state index is -0.131. The first-order chi connectivity index (χ1) is 10.2. The van der Waals surface area contributed by atoms with Crippen LogP contribution in [0.1, 0.15) is 32.9 Å². The normalized spacial score (nSPS) is 9.81. The van der Waals surface area contributed by atoms with Gasteiger partial charge in [0.05, 0.1) is 24.4 Å². The van der Waals surface area contributed by atoms with Crippen LogP contribution in [0.5, 0.6) is 0 Å². The molecule has 2 aromatic rings. The molecule has 108 valence electrons. The molecule has 2 rings (SSSR count). The fourth-order valence-corrected chi connectivity index (χ4v) is 2.43. The second kappa shape index (κ2) is 7.58. The third-order valence-corrected chi connectivity index (χ3v) is 3.78. The number of aromatic nitrogens is 1. The molecule has 1 amide bonds. The number of thiazole rings is 1. The van der Waals surface area contributed by atoms with Gasteiger partial charge in [-0.25, -0.2) is 4.98 Å². The molecular formula is C16H16N2O2S. The van der Waals surface area contributed by atoms with Gasteiger partial charge in [0.25, 0.3) is 5.91 Å². The van der Waals surface area contributed by atoms with Crippen LogP contribution in [0.4, 0.5) is 0 Å². The summed E-state index contributed by atoms with van der Waals surface area (Å²) in [7, 11) is 0. The molecule has 2 N–H and O–H groups in total. The zero-order chi connectivity index (χ0) is 15.1. The van der Waals surface area contributed by atoms with Crippen molar-refractivity contribution < 1.29 is 9.90 Å². The van der Waals surface area contributed by atoms with E-state index in [-0.39, 0.29) is 12.5 Å². The molecule has 0 unspecified atom stereocenters. The van der Waals surface area contributed by atoms with Crippen molar-refractivity contribution in [3.63, 3.8) is 0 Å². The first kappa shape index (κ1) is 15.2. The van der Waals surface area contributed by atoms with E-state index in [2.05, 4.69) is 22.1 Å². The second-order valence-corrected chi connectivity index (χ2v) is 5.34. The van der Waals surface area contributed by atoms with Crippen LogP contribution in [-0.4, -0.2) is 22.6 Å². The Morgan fingerprint density at radius 2 is 2.33 bits per heavy atom. The standard InChI is InChI=1S/C16H16N2O2S/c1-12-15(21-11-18-12)10-17-16(20)14-7-4-6-13(9-14)5-2-3-8-19/h4,6-7,9,11,19H,3,8,10H2,1H3,(H,17,20). The van der Waals surface area contributed by atoms with Gasteiger partial charge in [-0.2, -0.15) is 0 Å². The van der Waals surface area contributed by atoms with E-state index in [0.717, 1.165) is 16.1 Å². The predicted molar refractivity (Wildman–Crippen MR) is 83.0 cm³/mol. The highest BCUT2D eigenvalue weighted by Crippen LogP contribution is 2.12. The zero-order valence-corrected chi connectivity index (χ0v) is 12.5. The summed E-state index contributed by atoms with van der Waals surface area (Å²) in [5.74, 6) is 5.63. The maximum absolute atomic E-state index is 12.1. The zero-order valence-electron chi connectivity index (χ0n) is 11.7. The number of hydrogen-bond acceptors (Lipinski definition) is 4. The van der Waals surface area contributed by atoms with Crippen molar-refractivity contribution in [2.75, 3.05) is 6.61 Å². The van der Waals surface area contributed by atoms with Gasteiger partial charge in [-0.05, 0) is 25.1 Å². The molecule has 0 atom stereocenters. The number of hydrogen-bond donors (Lipinski definition) is 2. The smallest absolute Gasteiger partial charge is 0.251 e. The van der Waals surface area contributed by atoms with Gasteiger partial charge in [-0.3, -0.25) is 4.79 Å². The Kier molecular flexibility index (Phi) is 5.50. The molecule has 4 nitrogen and oxygen atoms in total. The van der Waals surface area contributed by atoms with Gasteiger partial charge in [0, 0.05) is 22.4 Å². The highest BCUT2D eigenvalue weighted by Gasteiger charge is 2.07. The lowest BCUT2D eigenvalue weighted by Gasteiger charge is -2.04. The number of nitrogens with one attached hydrogen (secondary N) is 1. The number of carbonyl (C=O) groups excluding carboxylic acids is 1. The summed E-state index contributed by atoms with van der Waals surface area (Å²) in [6, 6.07) is 7.15. The Hall–Kier alpha value is -2.16. The van der Waals surface area contributed by atoms with Crippen LogP contribution in [0.3, 0.4) is 0 Å². The Bertz CT molecular complexity index is 683. The van der Waals surface area contributed by atoms with E-state index in [1.165, 1.54) is 11.3 Å². The molecule has 0 spiro atoms. The summed E-state index contributed by atoms with van der Waals surface area (Å²) in [6.07, 6.45) is 0.432. The number of aryl methyl sites for hydroxylation is 1. The van der Waals surface area contributed by atoms with E-state index in [1.807, 2.05) is 13.0 Å². The van der Waals surface area contributed by atoms with E-state index in [1.54, 1.807) is 23.7 Å². The van der Waals surface area contributed by atoms with E-state index < -0.39 is 0 Å². The fraction of sp³-hybridized carbons (Fsp3) is 0.250. The summed E-state index contributed by atoms with van der Waals surface area (Å²) in [5.41, 5.74) is 4.07. The topological polar surface area (TPSA) is 62.2 Å². The number of nitrogens with zero attached hydrogens (tertiary/aromatic N) is 1. The molecule has 0 fully saturated rings. The predicted octanol–water partition coefficient (Wildman–Crippen LogP) is 2.12. The van der Waals surface area contributed by atoms with Crippen molar-refractivity contribution in [2.45, 2.75) is 19.9 Å².